The Balaban J connectivity index is 0.00000289. The van der Waals surface area contributed by atoms with Crippen molar-refractivity contribution in [3.8, 4) is 5.75 Å². The number of anilines is 1. The molecule has 0 spiro atoms. The minimum Gasteiger partial charge on any atom is -0.497 e. The van der Waals surface area contributed by atoms with Crippen molar-refractivity contribution in [1.82, 2.24) is 0 Å². The second-order valence-electron chi connectivity index (χ2n) is 3.30. The summed E-state index contributed by atoms with van der Waals surface area (Å²) in [6.45, 7) is 0.129. The van der Waals surface area contributed by atoms with Crippen molar-refractivity contribution in [2.24, 2.45) is 5.73 Å². The van der Waals surface area contributed by atoms with Gasteiger partial charge in [0.1, 0.15) is 11.9 Å². The van der Waals surface area contributed by atoms with Gasteiger partial charge in [0.25, 0.3) is 5.91 Å². The molecule has 1 atom stereocenters. The topological polar surface area (TPSA) is 73.6 Å². The molecule has 1 aromatic rings. The fourth-order valence-electron chi connectivity index (χ4n) is 1.25. The zero-order valence-electron chi connectivity index (χ0n) is 10.1. The first-order valence-electron chi connectivity index (χ1n) is 4.99. The largest absolute Gasteiger partial charge is 0.497 e. The van der Waals surface area contributed by atoms with Crippen molar-refractivity contribution in [1.29, 1.82) is 0 Å². The van der Waals surface area contributed by atoms with E-state index in [2.05, 4.69) is 21.2 Å². The molecule has 7 heteroatoms. The van der Waals surface area contributed by atoms with E-state index in [-0.39, 0.29) is 24.9 Å². The van der Waals surface area contributed by atoms with E-state index in [0.717, 1.165) is 4.47 Å². The molecule has 0 saturated heterocycles. The zero-order valence-corrected chi connectivity index (χ0v) is 12.5. The van der Waals surface area contributed by atoms with E-state index in [9.17, 15) is 4.79 Å². The number of halogens is 2. The van der Waals surface area contributed by atoms with E-state index in [1.54, 1.807) is 25.3 Å². The van der Waals surface area contributed by atoms with Gasteiger partial charge in [0.05, 0.1) is 12.8 Å². The van der Waals surface area contributed by atoms with Gasteiger partial charge in [-0.15, -0.1) is 12.4 Å². The number of carbonyl (C=O) groups is 1. The Kier molecular flexibility index (Phi) is 7.93. The number of nitrogens with two attached hydrogens (primary N) is 1. The van der Waals surface area contributed by atoms with Crippen molar-refractivity contribution < 1.29 is 14.3 Å². The highest BCUT2D eigenvalue weighted by molar-refractivity contribution is 9.10. The van der Waals surface area contributed by atoms with Crippen LogP contribution in [-0.2, 0) is 9.53 Å². The second-order valence-corrected chi connectivity index (χ2v) is 4.15. The van der Waals surface area contributed by atoms with Crippen LogP contribution in [0.1, 0.15) is 0 Å². The van der Waals surface area contributed by atoms with Crippen molar-refractivity contribution in [3.05, 3.63) is 22.7 Å². The molecule has 1 aromatic carbocycles. The Morgan fingerprint density at radius 2 is 2.17 bits per heavy atom. The standard InChI is InChI=1S/C11H15BrN2O3.ClH/c1-16-7-3-4-8(12)9(5-7)14-11(15)10(6-13)17-2;/h3-5,10H,6,13H2,1-2H3,(H,14,15);1H. The number of hydrogen-bond acceptors (Lipinski definition) is 4. The van der Waals surface area contributed by atoms with Crippen molar-refractivity contribution in [2.45, 2.75) is 6.10 Å². The monoisotopic (exact) mass is 338 g/mol. The maximum absolute atomic E-state index is 11.7. The molecular formula is C11H16BrClN2O3. The summed E-state index contributed by atoms with van der Waals surface area (Å²) in [4.78, 5) is 11.7. The number of amides is 1. The van der Waals surface area contributed by atoms with Gasteiger partial charge in [-0.1, -0.05) is 0 Å². The average molecular weight is 340 g/mol. The van der Waals surface area contributed by atoms with Crippen LogP contribution in [0.2, 0.25) is 0 Å². The van der Waals surface area contributed by atoms with Crippen LogP contribution in [0, 0.1) is 0 Å². The van der Waals surface area contributed by atoms with Gasteiger partial charge in [0.2, 0.25) is 0 Å². The van der Waals surface area contributed by atoms with Crippen molar-refractivity contribution in [3.63, 3.8) is 0 Å². The first-order chi connectivity index (χ1) is 8.12. The first-order valence-corrected chi connectivity index (χ1v) is 5.79. The Bertz CT molecular complexity index is 400. The second kappa shape index (κ2) is 8.31. The fraction of sp³-hybridized carbons (Fsp3) is 0.364. The third-order valence-electron chi connectivity index (χ3n) is 2.22. The van der Waals surface area contributed by atoms with E-state index < -0.39 is 6.10 Å². The summed E-state index contributed by atoms with van der Waals surface area (Å²) in [5, 5.41) is 2.72. The quantitative estimate of drug-likeness (QED) is 0.858. The molecule has 3 N–H and O–H groups in total. The van der Waals surface area contributed by atoms with Gasteiger partial charge in [-0.25, -0.2) is 0 Å². The molecule has 102 valence electrons. The van der Waals surface area contributed by atoms with Gasteiger partial charge in [0, 0.05) is 24.2 Å². The molecule has 0 aliphatic heterocycles. The number of methoxy groups -OCH3 is 2. The predicted octanol–water partition coefficient (Wildman–Crippen LogP) is 1.79. The van der Waals surface area contributed by atoms with Gasteiger partial charge < -0.3 is 20.5 Å². The number of benzene rings is 1. The van der Waals surface area contributed by atoms with E-state index in [4.69, 9.17) is 15.2 Å². The summed E-state index contributed by atoms with van der Waals surface area (Å²) in [5.41, 5.74) is 6.03. The molecule has 0 aliphatic rings. The van der Waals surface area contributed by atoms with Crippen LogP contribution in [0.5, 0.6) is 5.75 Å². The fourth-order valence-corrected chi connectivity index (χ4v) is 1.60. The molecule has 1 rings (SSSR count). The lowest BCUT2D eigenvalue weighted by Crippen LogP contribution is -2.35. The van der Waals surface area contributed by atoms with Gasteiger partial charge >= 0.3 is 0 Å². The van der Waals surface area contributed by atoms with E-state index in [1.165, 1.54) is 7.11 Å². The molecule has 0 aliphatic carbocycles. The minimum atomic E-state index is -0.659. The van der Waals surface area contributed by atoms with Crippen molar-refractivity contribution >= 4 is 39.9 Å². The van der Waals surface area contributed by atoms with Crippen LogP contribution in [-0.4, -0.2) is 32.8 Å². The molecule has 1 unspecified atom stereocenters. The number of carbonyl (C=O) groups excluding carboxylic acids is 1. The minimum absolute atomic E-state index is 0. The molecule has 0 aromatic heterocycles. The molecule has 5 nitrogen and oxygen atoms in total. The lowest BCUT2D eigenvalue weighted by atomic mass is 10.2. The average Bonchev–Trinajstić information content (AvgIpc) is 2.33. The van der Waals surface area contributed by atoms with Crippen molar-refractivity contribution in [2.75, 3.05) is 26.1 Å². The lowest BCUT2D eigenvalue weighted by molar-refractivity contribution is -0.125. The summed E-state index contributed by atoms with van der Waals surface area (Å²) < 4.78 is 10.8. The highest BCUT2D eigenvalue weighted by Gasteiger charge is 2.16. The van der Waals surface area contributed by atoms with Gasteiger partial charge in [-0.05, 0) is 28.1 Å². The van der Waals surface area contributed by atoms with Gasteiger partial charge in [0.15, 0.2) is 0 Å². The van der Waals surface area contributed by atoms with E-state index >= 15 is 0 Å². The molecular weight excluding hydrogens is 323 g/mol. The smallest absolute Gasteiger partial charge is 0.254 e. The Hall–Kier alpha value is -0.820. The molecule has 1 amide bonds. The zero-order chi connectivity index (χ0) is 12.8. The molecule has 0 saturated carbocycles. The maximum Gasteiger partial charge on any atom is 0.254 e. The predicted molar refractivity (Wildman–Crippen MR) is 76.4 cm³/mol. The summed E-state index contributed by atoms with van der Waals surface area (Å²) in [5.74, 6) is 0.370. The Labute approximate surface area is 121 Å². The van der Waals surface area contributed by atoms with Crippen LogP contribution >= 0.6 is 28.3 Å². The first kappa shape index (κ1) is 17.2. The number of rotatable bonds is 5. The third kappa shape index (κ3) is 4.45. The third-order valence-corrected chi connectivity index (χ3v) is 2.91. The lowest BCUT2D eigenvalue weighted by Gasteiger charge is -2.14. The van der Waals surface area contributed by atoms with Gasteiger partial charge in [-0.2, -0.15) is 0 Å². The molecule has 0 bridgehead atoms. The SMILES string of the molecule is COc1ccc(Br)c(NC(=O)C(CN)OC)c1.Cl. The van der Waals surface area contributed by atoms with E-state index in [1.807, 2.05) is 0 Å². The highest BCUT2D eigenvalue weighted by Crippen LogP contribution is 2.27. The Morgan fingerprint density at radius 3 is 2.67 bits per heavy atom. The summed E-state index contributed by atoms with van der Waals surface area (Å²) in [6.07, 6.45) is -0.659. The molecule has 0 radical (unpaired) electrons. The highest BCUT2D eigenvalue weighted by atomic mass is 79.9. The molecule has 0 fully saturated rings. The Morgan fingerprint density at radius 1 is 1.50 bits per heavy atom. The van der Waals surface area contributed by atoms with Crippen LogP contribution in [0.3, 0.4) is 0 Å². The number of nitrogens with one attached hydrogen (secondary N) is 1. The summed E-state index contributed by atoms with van der Waals surface area (Å²) >= 11 is 3.34. The normalized spacial score (nSPS) is 11.3. The van der Waals surface area contributed by atoms with Crippen LogP contribution < -0.4 is 15.8 Å². The molecule has 0 heterocycles. The number of ether oxygens (including phenoxy) is 2. The molecule has 18 heavy (non-hydrogen) atoms. The van der Waals surface area contributed by atoms with E-state index in [0.29, 0.717) is 11.4 Å². The van der Waals surface area contributed by atoms with Crippen LogP contribution in [0.15, 0.2) is 22.7 Å². The maximum atomic E-state index is 11.7. The van der Waals surface area contributed by atoms with Crippen LogP contribution in [0.25, 0.3) is 0 Å². The van der Waals surface area contributed by atoms with Gasteiger partial charge in [-0.3, -0.25) is 4.79 Å². The number of hydrogen-bond donors (Lipinski definition) is 2. The summed E-state index contributed by atoms with van der Waals surface area (Å²) in [7, 11) is 3.00. The van der Waals surface area contributed by atoms with Crippen LogP contribution in [0.4, 0.5) is 5.69 Å². The summed E-state index contributed by atoms with van der Waals surface area (Å²) in [6, 6.07) is 5.29.